The minimum atomic E-state index is -0.406. The lowest BCUT2D eigenvalue weighted by Gasteiger charge is -2.29. The van der Waals surface area contributed by atoms with Gasteiger partial charge in [-0.2, -0.15) is 4.99 Å². The van der Waals surface area contributed by atoms with Crippen LogP contribution in [0.5, 0.6) is 0 Å². The Kier molecular flexibility index (Phi) is 7.64. The first-order valence-electron chi connectivity index (χ1n) is 14.6. The van der Waals surface area contributed by atoms with Gasteiger partial charge in [-0.05, 0) is 112 Å². The van der Waals surface area contributed by atoms with Crippen LogP contribution in [0, 0.1) is 17.7 Å². The zero-order chi connectivity index (χ0) is 26.8. The number of hydrogen-bond donors (Lipinski definition) is 2. The molecule has 1 aliphatic heterocycles. The van der Waals surface area contributed by atoms with Crippen molar-refractivity contribution in [1.82, 2.24) is 19.8 Å². The number of aromatic nitrogens is 2. The van der Waals surface area contributed by atoms with Crippen LogP contribution in [0.1, 0.15) is 79.8 Å². The summed E-state index contributed by atoms with van der Waals surface area (Å²) < 4.78 is 15.6. The Morgan fingerprint density at radius 1 is 0.949 bits per heavy atom. The first-order valence-corrected chi connectivity index (χ1v) is 14.6. The third-order valence-electron chi connectivity index (χ3n) is 8.64. The fourth-order valence-electron chi connectivity index (χ4n) is 6.16. The summed E-state index contributed by atoms with van der Waals surface area (Å²) in [4.78, 5) is 36.2. The van der Waals surface area contributed by atoms with E-state index in [0.717, 1.165) is 62.9 Å². The Bertz CT molecular complexity index is 1390. The number of halogens is 1. The lowest BCUT2D eigenvalue weighted by atomic mass is 9.85. The molecule has 3 aliphatic rings. The highest BCUT2D eigenvalue weighted by molar-refractivity contribution is 5.95. The first kappa shape index (κ1) is 26.0. The van der Waals surface area contributed by atoms with Crippen LogP contribution in [0.15, 0.2) is 47.5 Å². The second-order valence-electron chi connectivity index (χ2n) is 11.6. The number of hydrogen-bond acceptors (Lipinski definition) is 3. The summed E-state index contributed by atoms with van der Waals surface area (Å²) in [6.07, 6.45) is 9.60. The Balaban J connectivity index is 1.29. The molecule has 6 rings (SSSR count). The van der Waals surface area contributed by atoms with E-state index < -0.39 is 5.91 Å². The molecule has 2 aliphatic carbocycles. The average Bonchev–Trinajstić information content (AvgIpc) is 3.72. The molecule has 0 atom stereocenters. The standard InChI is InChI=1S/C31H38FN5O2/c32-25-11-7-24(8-12-25)30(39)35-31-34-27-15-6-22(20-36-16-2-1-3-17-36)18-28(27)37(31)26-13-9-23(10-14-26)29(38)33-19-21-4-5-21/h6-8,11-12,15,18,21,23,26H,1-5,9-10,13-14,16-17,19-20H2,(H,33,38)(H,34,35,39). The molecule has 2 amide bonds. The van der Waals surface area contributed by atoms with Crippen LogP contribution in [0.4, 0.5) is 4.39 Å². The lowest BCUT2D eigenvalue weighted by molar-refractivity contribution is -0.126. The summed E-state index contributed by atoms with van der Waals surface area (Å²) in [5, 5.41) is 3.15. The molecule has 0 bridgehead atoms. The van der Waals surface area contributed by atoms with E-state index in [-0.39, 0.29) is 23.7 Å². The number of fused-ring (bicyclic) bond motifs is 1. The van der Waals surface area contributed by atoms with Gasteiger partial charge >= 0.3 is 0 Å². The van der Waals surface area contributed by atoms with E-state index in [0.29, 0.717) is 17.1 Å². The van der Waals surface area contributed by atoms with Gasteiger partial charge in [0.05, 0.1) is 11.0 Å². The van der Waals surface area contributed by atoms with Gasteiger partial charge in [0.2, 0.25) is 11.5 Å². The number of rotatable bonds is 7. The Hall–Kier alpha value is -3.26. The zero-order valence-electron chi connectivity index (χ0n) is 22.5. The topological polar surface area (TPSA) is 82.5 Å². The third kappa shape index (κ3) is 6.16. The summed E-state index contributed by atoms with van der Waals surface area (Å²) in [5.41, 5.74) is 4.09. The maximum Gasteiger partial charge on any atom is 0.280 e. The summed E-state index contributed by atoms with van der Waals surface area (Å²) in [6.45, 7) is 3.98. The first-order chi connectivity index (χ1) is 19.0. The van der Waals surface area contributed by atoms with E-state index >= 15 is 0 Å². The number of carbonyl (C=O) groups is 2. The van der Waals surface area contributed by atoms with Gasteiger partial charge in [-0.15, -0.1) is 0 Å². The Morgan fingerprint density at radius 2 is 1.69 bits per heavy atom. The second-order valence-corrected chi connectivity index (χ2v) is 11.6. The monoisotopic (exact) mass is 531 g/mol. The fourth-order valence-corrected chi connectivity index (χ4v) is 6.16. The molecule has 1 saturated heterocycles. The van der Waals surface area contributed by atoms with Gasteiger partial charge in [0.25, 0.3) is 5.91 Å². The Morgan fingerprint density at radius 3 is 2.41 bits per heavy atom. The normalized spacial score (nSPS) is 22.7. The van der Waals surface area contributed by atoms with Crippen molar-refractivity contribution >= 4 is 22.8 Å². The molecule has 0 spiro atoms. The van der Waals surface area contributed by atoms with Crippen molar-refractivity contribution in [2.45, 2.75) is 70.4 Å². The maximum absolute atomic E-state index is 13.4. The van der Waals surface area contributed by atoms with E-state index in [2.05, 4.69) is 43.0 Å². The van der Waals surface area contributed by atoms with Crippen LogP contribution >= 0.6 is 0 Å². The number of imidazole rings is 1. The maximum atomic E-state index is 13.4. The van der Waals surface area contributed by atoms with Crippen molar-refractivity contribution in [3.05, 3.63) is 65.0 Å². The van der Waals surface area contributed by atoms with E-state index in [1.54, 1.807) is 0 Å². The van der Waals surface area contributed by atoms with Crippen molar-refractivity contribution in [2.24, 2.45) is 16.8 Å². The van der Waals surface area contributed by atoms with Crippen LogP contribution in [0.2, 0.25) is 0 Å². The fraction of sp³-hybridized carbons (Fsp3) is 0.516. The number of benzene rings is 2. The van der Waals surface area contributed by atoms with Gasteiger partial charge in [-0.1, -0.05) is 12.5 Å². The molecule has 2 saturated carbocycles. The quantitative estimate of drug-likeness (QED) is 0.445. The molecule has 0 unspecified atom stereocenters. The number of carbonyl (C=O) groups excluding carboxylic acids is 2. The van der Waals surface area contributed by atoms with Crippen molar-refractivity contribution in [2.75, 3.05) is 19.6 Å². The molecule has 2 aromatic carbocycles. The molecule has 2 heterocycles. The van der Waals surface area contributed by atoms with Crippen LogP contribution in [0.25, 0.3) is 11.0 Å². The highest BCUT2D eigenvalue weighted by atomic mass is 19.1. The number of nitrogens with zero attached hydrogens (tertiary/aromatic N) is 3. The van der Waals surface area contributed by atoms with Crippen LogP contribution in [0.3, 0.4) is 0 Å². The van der Waals surface area contributed by atoms with E-state index in [9.17, 15) is 14.0 Å². The molecule has 1 aromatic heterocycles. The van der Waals surface area contributed by atoms with Gasteiger partial charge in [0, 0.05) is 30.6 Å². The summed E-state index contributed by atoms with van der Waals surface area (Å²) in [5.74, 6) is 0.114. The number of nitrogens with one attached hydrogen (secondary N) is 2. The zero-order valence-corrected chi connectivity index (χ0v) is 22.5. The molecule has 7 nitrogen and oxygen atoms in total. The third-order valence-corrected chi connectivity index (χ3v) is 8.64. The second kappa shape index (κ2) is 11.5. The smallest absolute Gasteiger partial charge is 0.280 e. The van der Waals surface area contributed by atoms with Gasteiger partial charge in [0.1, 0.15) is 5.82 Å². The number of aromatic amines is 1. The predicted octanol–water partition coefficient (Wildman–Crippen LogP) is 5.09. The van der Waals surface area contributed by atoms with E-state index in [4.69, 9.17) is 0 Å². The molecule has 206 valence electrons. The molecule has 0 radical (unpaired) electrons. The molecule has 39 heavy (non-hydrogen) atoms. The minimum Gasteiger partial charge on any atom is -0.356 e. The van der Waals surface area contributed by atoms with E-state index in [1.807, 2.05) is 0 Å². The average molecular weight is 532 g/mol. The van der Waals surface area contributed by atoms with Gasteiger partial charge < -0.3 is 14.9 Å². The van der Waals surface area contributed by atoms with Crippen LogP contribution < -0.4 is 10.9 Å². The van der Waals surface area contributed by atoms with E-state index in [1.165, 1.54) is 61.9 Å². The number of piperidine rings is 1. The highest BCUT2D eigenvalue weighted by Crippen LogP contribution is 2.34. The molecular weight excluding hydrogens is 493 g/mol. The highest BCUT2D eigenvalue weighted by Gasteiger charge is 2.30. The molecule has 8 heteroatoms. The summed E-state index contributed by atoms with van der Waals surface area (Å²) in [6, 6.07) is 12.1. The van der Waals surface area contributed by atoms with Crippen molar-refractivity contribution in [1.29, 1.82) is 0 Å². The SMILES string of the molecule is O=C(/N=c1/[nH]c2ccc(CN3CCCCC3)cc2n1C1CCC(C(=O)NCC2CC2)CC1)c1ccc(F)cc1. The van der Waals surface area contributed by atoms with Gasteiger partial charge in [-0.3, -0.25) is 14.5 Å². The Labute approximate surface area is 228 Å². The largest absolute Gasteiger partial charge is 0.356 e. The molecule has 2 N–H and O–H groups in total. The lowest BCUT2D eigenvalue weighted by Crippen LogP contribution is -2.36. The van der Waals surface area contributed by atoms with Crippen LogP contribution in [-0.4, -0.2) is 45.9 Å². The predicted molar refractivity (Wildman–Crippen MR) is 148 cm³/mol. The summed E-state index contributed by atoms with van der Waals surface area (Å²) in [7, 11) is 0. The number of amides is 2. The molecular formula is C31H38FN5O2. The number of H-pyrrole nitrogens is 1. The summed E-state index contributed by atoms with van der Waals surface area (Å²) >= 11 is 0. The van der Waals surface area contributed by atoms with Crippen molar-refractivity contribution < 1.29 is 14.0 Å². The van der Waals surface area contributed by atoms with Crippen LogP contribution in [-0.2, 0) is 11.3 Å². The molecule has 3 aromatic rings. The van der Waals surface area contributed by atoms with Crippen molar-refractivity contribution in [3.63, 3.8) is 0 Å². The van der Waals surface area contributed by atoms with Gasteiger partial charge in [0.15, 0.2) is 0 Å². The van der Waals surface area contributed by atoms with Gasteiger partial charge in [-0.25, -0.2) is 4.39 Å². The molecule has 3 fully saturated rings. The number of likely N-dealkylation sites (tertiary alicyclic amines) is 1. The van der Waals surface area contributed by atoms with Crippen molar-refractivity contribution in [3.8, 4) is 0 Å². The minimum absolute atomic E-state index is 0.0432.